The van der Waals surface area contributed by atoms with E-state index in [4.69, 9.17) is 14.2 Å². The van der Waals surface area contributed by atoms with Crippen LogP contribution >= 0.6 is 0 Å². The minimum atomic E-state index is -0.514. The van der Waals surface area contributed by atoms with Crippen LogP contribution in [0.2, 0.25) is 0 Å². The van der Waals surface area contributed by atoms with Crippen LogP contribution < -0.4 is 10.6 Å². The zero-order valence-electron chi connectivity index (χ0n) is 21.5. The number of esters is 1. The van der Waals surface area contributed by atoms with Crippen molar-refractivity contribution in [2.45, 2.75) is 117 Å². The lowest BCUT2D eigenvalue weighted by atomic mass is 10.0. The predicted octanol–water partition coefficient (Wildman–Crippen LogP) is 3.51. The second-order valence-electron chi connectivity index (χ2n) is 9.99. The highest BCUT2D eigenvalue weighted by molar-refractivity contribution is 5.78. The Labute approximate surface area is 194 Å². The number of hydrogen-bond donors (Lipinski definition) is 2. The molecule has 0 fully saturated rings. The molecule has 0 bridgehead atoms. The molecule has 2 N–H and O–H groups in total. The molecule has 2 amide bonds. The number of hydrogen-bond acceptors (Lipinski definition) is 6. The number of amides is 2. The summed E-state index contributed by atoms with van der Waals surface area (Å²) in [5, 5.41) is 5.79. The first-order valence-corrected chi connectivity index (χ1v) is 11.7. The van der Waals surface area contributed by atoms with E-state index in [-0.39, 0.29) is 48.4 Å². The molecule has 0 aliphatic carbocycles. The first-order valence-electron chi connectivity index (χ1n) is 11.7. The van der Waals surface area contributed by atoms with Gasteiger partial charge < -0.3 is 24.8 Å². The summed E-state index contributed by atoms with van der Waals surface area (Å²) in [5.74, 6) is -0.462. The summed E-state index contributed by atoms with van der Waals surface area (Å²) in [6.45, 7) is 14.5. The van der Waals surface area contributed by atoms with Crippen molar-refractivity contribution < 1.29 is 28.6 Å². The minimum Gasteiger partial charge on any atom is -0.460 e. The molecular formula is C24H46N2O6. The second-order valence-corrected chi connectivity index (χ2v) is 9.99. The van der Waals surface area contributed by atoms with E-state index in [2.05, 4.69) is 10.6 Å². The van der Waals surface area contributed by atoms with Gasteiger partial charge in [0, 0.05) is 45.6 Å². The quantitative estimate of drug-likeness (QED) is 0.343. The molecule has 0 spiro atoms. The van der Waals surface area contributed by atoms with Gasteiger partial charge in [-0.15, -0.1) is 0 Å². The lowest BCUT2D eigenvalue weighted by Crippen LogP contribution is -2.35. The van der Waals surface area contributed by atoms with E-state index in [9.17, 15) is 14.4 Å². The van der Waals surface area contributed by atoms with E-state index < -0.39 is 5.60 Å². The van der Waals surface area contributed by atoms with Crippen LogP contribution in [0.3, 0.4) is 0 Å². The highest BCUT2D eigenvalue weighted by Gasteiger charge is 2.19. The maximum atomic E-state index is 12.1. The van der Waals surface area contributed by atoms with Crippen molar-refractivity contribution in [1.29, 1.82) is 0 Å². The molecule has 0 aliphatic rings. The number of ether oxygens (including phenoxy) is 3. The largest absolute Gasteiger partial charge is 0.460 e. The maximum absolute atomic E-state index is 12.1. The molecule has 0 rings (SSSR count). The molecule has 0 aromatic carbocycles. The summed E-state index contributed by atoms with van der Waals surface area (Å²) < 4.78 is 16.3. The Morgan fingerprint density at radius 2 is 1.56 bits per heavy atom. The first kappa shape index (κ1) is 30.3. The summed E-state index contributed by atoms with van der Waals surface area (Å²) in [7, 11) is 1.68. The van der Waals surface area contributed by atoms with E-state index in [1.54, 1.807) is 7.11 Å². The van der Waals surface area contributed by atoms with E-state index in [1.807, 2.05) is 48.5 Å². The molecule has 0 aromatic heterocycles. The van der Waals surface area contributed by atoms with Crippen LogP contribution in [0.15, 0.2) is 0 Å². The van der Waals surface area contributed by atoms with Crippen LogP contribution in [0.5, 0.6) is 0 Å². The molecule has 2 unspecified atom stereocenters. The zero-order chi connectivity index (χ0) is 24.8. The van der Waals surface area contributed by atoms with Gasteiger partial charge in [-0.1, -0.05) is 0 Å². The van der Waals surface area contributed by atoms with Gasteiger partial charge in [0.25, 0.3) is 0 Å². The fourth-order valence-corrected chi connectivity index (χ4v) is 2.84. The summed E-state index contributed by atoms with van der Waals surface area (Å²) in [6, 6.07) is -0.114. The molecule has 8 heteroatoms. The smallest absolute Gasteiger partial charge is 0.306 e. The predicted molar refractivity (Wildman–Crippen MR) is 125 cm³/mol. The van der Waals surface area contributed by atoms with Crippen LogP contribution in [-0.4, -0.2) is 61.4 Å². The SMILES string of the molecule is COC(C)CCOC(C)(C)CCNC(=O)CCC(C)NC(=O)CCCC(=O)OC(C)(C)C. The van der Waals surface area contributed by atoms with Gasteiger partial charge in [0.1, 0.15) is 5.60 Å². The average Bonchev–Trinajstić information content (AvgIpc) is 2.64. The highest BCUT2D eigenvalue weighted by atomic mass is 16.6. The molecular weight excluding hydrogens is 412 g/mol. The normalized spacial score (nSPS) is 13.9. The van der Waals surface area contributed by atoms with Gasteiger partial charge in [-0.2, -0.15) is 0 Å². The van der Waals surface area contributed by atoms with Crippen LogP contribution in [0.4, 0.5) is 0 Å². The van der Waals surface area contributed by atoms with Gasteiger partial charge in [0.2, 0.25) is 11.8 Å². The van der Waals surface area contributed by atoms with Gasteiger partial charge in [-0.3, -0.25) is 14.4 Å². The number of nitrogens with one attached hydrogen (secondary N) is 2. The number of methoxy groups -OCH3 is 1. The van der Waals surface area contributed by atoms with Crippen molar-refractivity contribution in [2.75, 3.05) is 20.3 Å². The lowest BCUT2D eigenvalue weighted by Gasteiger charge is -2.26. The van der Waals surface area contributed by atoms with Crippen molar-refractivity contribution in [3.05, 3.63) is 0 Å². The molecule has 2 atom stereocenters. The number of carbonyl (C=O) groups is 3. The first-order chi connectivity index (χ1) is 14.7. The average molecular weight is 459 g/mol. The van der Waals surface area contributed by atoms with Gasteiger partial charge in [0.05, 0.1) is 11.7 Å². The third-order valence-electron chi connectivity index (χ3n) is 4.89. The third kappa shape index (κ3) is 18.0. The molecule has 0 aliphatic heterocycles. The summed E-state index contributed by atoms with van der Waals surface area (Å²) >= 11 is 0. The summed E-state index contributed by atoms with van der Waals surface area (Å²) in [4.78, 5) is 35.8. The third-order valence-corrected chi connectivity index (χ3v) is 4.89. The van der Waals surface area contributed by atoms with Crippen molar-refractivity contribution in [2.24, 2.45) is 0 Å². The van der Waals surface area contributed by atoms with Crippen molar-refractivity contribution in [3.8, 4) is 0 Å². The van der Waals surface area contributed by atoms with Gasteiger partial charge >= 0.3 is 5.97 Å². The Morgan fingerprint density at radius 1 is 0.906 bits per heavy atom. The van der Waals surface area contributed by atoms with Crippen LogP contribution in [0.1, 0.15) is 93.4 Å². The Morgan fingerprint density at radius 3 is 2.16 bits per heavy atom. The summed E-state index contributed by atoms with van der Waals surface area (Å²) in [5.41, 5.74) is -0.832. The Hall–Kier alpha value is -1.67. The summed E-state index contributed by atoms with van der Waals surface area (Å²) in [6.07, 6.45) is 3.51. The minimum absolute atomic E-state index is 0.0418. The van der Waals surface area contributed by atoms with Crippen molar-refractivity contribution >= 4 is 17.8 Å². The molecule has 0 aromatic rings. The molecule has 8 nitrogen and oxygen atoms in total. The Bertz CT molecular complexity index is 571. The van der Waals surface area contributed by atoms with E-state index in [1.165, 1.54) is 0 Å². The van der Waals surface area contributed by atoms with Crippen LogP contribution in [0.25, 0.3) is 0 Å². The molecule has 0 heterocycles. The molecule has 0 saturated heterocycles. The van der Waals surface area contributed by atoms with Crippen LogP contribution in [0, 0.1) is 0 Å². The molecule has 0 radical (unpaired) electrons. The molecule has 188 valence electrons. The molecule has 0 saturated carbocycles. The zero-order valence-corrected chi connectivity index (χ0v) is 21.5. The van der Waals surface area contributed by atoms with E-state index in [0.717, 1.165) is 6.42 Å². The highest BCUT2D eigenvalue weighted by Crippen LogP contribution is 2.15. The topological polar surface area (TPSA) is 103 Å². The van der Waals surface area contributed by atoms with Gasteiger partial charge in [0.15, 0.2) is 0 Å². The monoisotopic (exact) mass is 458 g/mol. The van der Waals surface area contributed by atoms with Gasteiger partial charge in [-0.25, -0.2) is 0 Å². The van der Waals surface area contributed by atoms with E-state index in [0.29, 0.717) is 38.8 Å². The fraction of sp³-hybridized carbons (Fsp3) is 0.875. The standard InChI is InChI=1S/C24H46N2O6/c1-18(26-21(28)10-9-11-22(29)32-23(3,4)5)12-13-20(27)25-16-15-24(6,7)31-17-14-19(2)30-8/h18-19H,9-17H2,1-8H3,(H,25,27)(H,26,28). The fourth-order valence-electron chi connectivity index (χ4n) is 2.84. The lowest BCUT2D eigenvalue weighted by molar-refractivity contribution is -0.154. The Balaban J connectivity index is 3.94. The second kappa shape index (κ2) is 15.2. The number of carbonyl (C=O) groups excluding carboxylic acids is 3. The maximum Gasteiger partial charge on any atom is 0.306 e. The van der Waals surface area contributed by atoms with Crippen LogP contribution in [-0.2, 0) is 28.6 Å². The van der Waals surface area contributed by atoms with Gasteiger partial charge in [-0.05, 0) is 74.1 Å². The van der Waals surface area contributed by atoms with Crippen molar-refractivity contribution in [3.63, 3.8) is 0 Å². The van der Waals surface area contributed by atoms with E-state index >= 15 is 0 Å². The number of rotatable bonds is 16. The van der Waals surface area contributed by atoms with Crippen molar-refractivity contribution in [1.82, 2.24) is 10.6 Å². The molecule has 32 heavy (non-hydrogen) atoms. The Kier molecular flexibility index (Phi) is 14.4.